The molecule has 0 radical (unpaired) electrons. The van der Waals surface area contributed by atoms with Gasteiger partial charge in [0.2, 0.25) is 6.79 Å². The van der Waals surface area contributed by atoms with Crippen LogP contribution < -0.4 is 20.1 Å². The van der Waals surface area contributed by atoms with Crippen LogP contribution in [0.5, 0.6) is 11.5 Å². The van der Waals surface area contributed by atoms with Crippen molar-refractivity contribution in [1.29, 1.82) is 0 Å². The van der Waals surface area contributed by atoms with E-state index in [0.29, 0.717) is 28.0 Å². The van der Waals surface area contributed by atoms with Crippen LogP contribution in [-0.4, -0.2) is 22.7 Å². The number of anilines is 3. The Labute approximate surface area is 154 Å². The lowest BCUT2D eigenvalue weighted by Crippen LogP contribution is -2.14. The molecule has 0 saturated carbocycles. The Morgan fingerprint density at radius 2 is 1.73 bits per heavy atom. The smallest absolute Gasteiger partial charge is 0.274 e. The third kappa shape index (κ3) is 3.52. The van der Waals surface area contributed by atoms with E-state index in [2.05, 4.69) is 20.6 Å². The normalized spacial score (nSPS) is 11.9. The van der Waals surface area contributed by atoms with Gasteiger partial charge in [0.25, 0.3) is 5.91 Å². The van der Waals surface area contributed by atoms with Crippen LogP contribution in [0.4, 0.5) is 17.2 Å². The molecule has 4 rings (SSSR count). The predicted octanol–water partition coefficient (Wildman–Crippen LogP) is 3.85. The van der Waals surface area contributed by atoms with Crippen molar-refractivity contribution in [2.24, 2.45) is 0 Å². The third-order valence-corrected chi connectivity index (χ3v) is 3.90. The Balaban J connectivity index is 1.49. The average molecular weight is 369 g/mol. The molecule has 7 nitrogen and oxygen atoms in total. The van der Waals surface area contributed by atoms with Gasteiger partial charge in [0.05, 0.1) is 0 Å². The first-order valence-electron chi connectivity index (χ1n) is 7.73. The molecule has 1 aliphatic heterocycles. The topological polar surface area (TPSA) is 85.4 Å². The first kappa shape index (κ1) is 16.2. The molecule has 0 bridgehead atoms. The number of benzene rings is 2. The number of halogens is 1. The van der Waals surface area contributed by atoms with Gasteiger partial charge >= 0.3 is 0 Å². The summed E-state index contributed by atoms with van der Waals surface area (Å²) in [7, 11) is 0. The van der Waals surface area contributed by atoms with Crippen LogP contribution in [0.15, 0.2) is 54.9 Å². The molecule has 0 unspecified atom stereocenters. The highest BCUT2D eigenvalue weighted by Gasteiger charge is 2.14. The second-order valence-electron chi connectivity index (χ2n) is 5.44. The number of nitrogens with one attached hydrogen (secondary N) is 2. The summed E-state index contributed by atoms with van der Waals surface area (Å²) in [4.78, 5) is 20.5. The Kier molecular flexibility index (Phi) is 4.28. The summed E-state index contributed by atoms with van der Waals surface area (Å²) < 4.78 is 10.6. The maximum Gasteiger partial charge on any atom is 0.274 e. The molecule has 0 spiro atoms. The molecule has 130 valence electrons. The number of amides is 1. The van der Waals surface area contributed by atoms with Crippen molar-refractivity contribution in [3.05, 3.63) is 65.6 Å². The van der Waals surface area contributed by atoms with Crippen LogP contribution in [0, 0.1) is 0 Å². The second kappa shape index (κ2) is 6.89. The minimum Gasteiger partial charge on any atom is -0.454 e. The van der Waals surface area contributed by atoms with E-state index < -0.39 is 0 Å². The van der Waals surface area contributed by atoms with Crippen molar-refractivity contribution in [3.63, 3.8) is 0 Å². The van der Waals surface area contributed by atoms with E-state index in [9.17, 15) is 4.79 Å². The van der Waals surface area contributed by atoms with Gasteiger partial charge in [-0.05, 0) is 36.4 Å². The molecule has 1 aliphatic rings. The zero-order valence-electron chi connectivity index (χ0n) is 13.4. The molecule has 26 heavy (non-hydrogen) atoms. The number of hydrogen-bond donors (Lipinski definition) is 2. The van der Waals surface area contributed by atoms with Crippen LogP contribution >= 0.6 is 11.6 Å². The molecule has 0 atom stereocenters. The van der Waals surface area contributed by atoms with E-state index in [1.165, 1.54) is 6.33 Å². The summed E-state index contributed by atoms with van der Waals surface area (Å²) in [5.74, 6) is 1.50. The summed E-state index contributed by atoms with van der Waals surface area (Å²) in [6.07, 6.45) is 1.33. The minimum atomic E-state index is -0.344. The maximum absolute atomic E-state index is 12.4. The lowest BCUT2D eigenvalue weighted by atomic mass is 10.2. The number of ether oxygens (including phenoxy) is 2. The molecule has 2 heterocycles. The molecule has 3 aromatic rings. The van der Waals surface area contributed by atoms with Crippen molar-refractivity contribution < 1.29 is 14.3 Å². The lowest BCUT2D eigenvalue weighted by molar-refractivity contribution is 0.102. The number of rotatable bonds is 4. The van der Waals surface area contributed by atoms with Gasteiger partial charge in [-0.15, -0.1) is 0 Å². The van der Waals surface area contributed by atoms with Crippen molar-refractivity contribution in [1.82, 2.24) is 9.97 Å². The molecule has 2 N–H and O–H groups in total. The van der Waals surface area contributed by atoms with Crippen LogP contribution in [0.2, 0.25) is 5.02 Å². The highest BCUT2D eigenvalue weighted by atomic mass is 35.5. The SMILES string of the molecule is O=C(Nc1ccc(Cl)cc1)c1cc(Nc2ccc3c(c2)OCO3)ncn1. The van der Waals surface area contributed by atoms with Crippen molar-refractivity contribution >= 4 is 34.7 Å². The van der Waals surface area contributed by atoms with E-state index in [1.54, 1.807) is 42.5 Å². The minimum absolute atomic E-state index is 0.210. The van der Waals surface area contributed by atoms with Crippen molar-refractivity contribution in [2.45, 2.75) is 0 Å². The third-order valence-electron chi connectivity index (χ3n) is 3.65. The fourth-order valence-electron chi connectivity index (χ4n) is 2.40. The van der Waals surface area contributed by atoms with E-state index in [4.69, 9.17) is 21.1 Å². The van der Waals surface area contributed by atoms with Gasteiger partial charge in [-0.2, -0.15) is 0 Å². The van der Waals surface area contributed by atoms with Gasteiger partial charge in [-0.3, -0.25) is 4.79 Å². The predicted molar refractivity (Wildman–Crippen MR) is 97.3 cm³/mol. The van der Waals surface area contributed by atoms with E-state index in [1.807, 2.05) is 6.07 Å². The Hall–Kier alpha value is -3.32. The summed E-state index contributed by atoms with van der Waals surface area (Å²) in [5.41, 5.74) is 1.62. The summed E-state index contributed by atoms with van der Waals surface area (Å²) in [6.45, 7) is 0.210. The molecule has 8 heteroatoms. The summed E-state index contributed by atoms with van der Waals surface area (Å²) >= 11 is 5.84. The van der Waals surface area contributed by atoms with Gasteiger partial charge in [0, 0.05) is 28.5 Å². The molecular weight excluding hydrogens is 356 g/mol. The summed E-state index contributed by atoms with van der Waals surface area (Å²) in [6, 6.07) is 13.8. The Morgan fingerprint density at radius 3 is 2.58 bits per heavy atom. The van der Waals surface area contributed by atoms with Gasteiger partial charge < -0.3 is 20.1 Å². The van der Waals surface area contributed by atoms with Crippen molar-refractivity contribution in [3.8, 4) is 11.5 Å². The monoisotopic (exact) mass is 368 g/mol. The van der Waals surface area contributed by atoms with E-state index in [-0.39, 0.29) is 18.4 Å². The number of fused-ring (bicyclic) bond motifs is 1. The fourth-order valence-corrected chi connectivity index (χ4v) is 2.53. The molecule has 0 saturated heterocycles. The highest BCUT2D eigenvalue weighted by Crippen LogP contribution is 2.34. The van der Waals surface area contributed by atoms with Crippen molar-refractivity contribution in [2.75, 3.05) is 17.4 Å². The van der Waals surface area contributed by atoms with Crippen LogP contribution in [-0.2, 0) is 0 Å². The quantitative estimate of drug-likeness (QED) is 0.727. The van der Waals surface area contributed by atoms with E-state index >= 15 is 0 Å². The van der Waals surface area contributed by atoms with Gasteiger partial charge in [-0.25, -0.2) is 9.97 Å². The second-order valence-corrected chi connectivity index (χ2v) is 5.88. The first-order valence-corrected chi connectivity index (χ1v) is 8.11. The van der Waals surface area contributed by atoms with Gasteiger partial charge in [-0.1, -0.05) is 11.6 Å². The Morgan fingerprint density at radius 1 is 0.962 bits per heavy atom. The molecule has 0 aliphatic carbocycles. The Bertz CT molecular complexity index is 963. The summed E-state index contributed by atoms with van der Waals surface area (Å²) in [5, 5.41) is 6.47. The number of nitrogens with zero attached hydrogens (tertiary/aromatic N) is 2. The van der Waals surface area contributed by atoms with Crippen LogP contribution in [0.1, 0.15) is 10.5 Å². The zero-order valence-corrected chi connectivity index (χ0v) is 14.2. The standard InChI is InChI=1S/C18H13ClN4O3/c19-11-1-3-12(4-2-11)23-18(24)14-8-17(21-9-20-14)22-13-5-6-15-16(7-13)26-10-25-15/h1-9H,10H2,(H,23,24)(H,20,21,22). The largest absolute Gasteiger partial charge is 0.454 e. The maximum atomic E-state index is 12.4. The highest BCUT2D eigenvalue weighted by molar-refractivity contribution is 6.30. The van der Waals surface area contributed by atoms with Crippen LogP contribution in [0.25, 0.3) is 0 Å². The zero-order chi connectivity index (χ0) is 17.9. The number of hydrogen-bond acceptors (Lipinski definition) is 6. The first-order chi connectivity index (χ1) is 12.7. The average Bonchev–Trinajstić information content (AvgIpc) is 3.12. The fraction of sp³-hybridized carbons (Fsp3) is 0.0556. The van der Waals surface area contributed by atoms with Gasteiger partial charge in [0.15, 0.2) is 11.5 Å². The van der Waals surface area contributed by atoms with E-state index in [0.717, 1.165) is 5.69 Å². The number of aromatic nitrogens is 2. The molecule has 1 amide bonds. The lowest BCUT2D eigenvalue weighted by Gasteiger charge is -2.08. The molecule has 1 aromatic heterocycles. The number of carbonyl (C=O) groups is 1. The van der Waals surface area contributed by atoms with Gasteiger partial charge in [0.1, 0.15) is 17.8 Å². The number of carbonyl (C=O) groups excluding carboxylic acids is 1. The molecule has 0 fully saturated rings. The molecule has 2 aromatic carbocycles. The molecular formula is C18H13ClN4O3. The van der Waals surface area contributed by atoms with Crippen LogP contribution in [0.3, 0.4) is 0 Å².